The van der Waals surface area contributed by atoms with E-state index in [1.807, 2.05) is 24.3 Å². The summed E-state index contributed by atoms with van der Waals surface area (Å²) >= 11 is 0. The van der Waals surface area contributed by atoms with Gasteiger partial charge in [-0.1, -0.05) is 20.8 Å². The molecule has 1 atom stereocenters. The molecule has 130 valence electrons. The molecule has 1 amide bonds. The molecule has 5 heteroatoms. The van der Waals surface area contributed by atoms with E-state index in [0.29, 0.717) is 24.8 Å². The number of nitrogens with zero attached hydrogens (tertiary/aromatic N) is 1. The highest BCUT2D eigenvalue weighted by Gasteiger charge is 2.13. The van der Waals surface area contributed by atoms with Crippen LogP contribution in [0.25, 0.3) is 0 Å². The van der Waals surface area contributed by atoms with Gasteiger partial charge in [0, 0.05) is 19.6 Å². The topological polar surface area (TPSA) is 64.8 Å². The maximum absolute atomic E-state index is 12.0. The molecule has 0 bridgehead atoms. The van der Waals surface area contributed by atoms with Gasteiger partial charge in [-0.2, -0.15) is 0 Å². The minimum Gasteiger partial charge on any atom is -0.494 e. The molecule has 0 aliphatic carbocycles. The molecular formula is C18H30N2O3. The monoisotopic (exact) mass is 322 g/mol. The molecule has 0 aliphatic heterocycles. The fourth-order valence-corrected chi connectivity index (χ4v) is 1.91. The Hall–Kier alpha value is -1.75. The van der Waals surface area contributed by atoms with Crippen molar-refractivity contribution in [1.82, 2.24) is 4.90 Å². The highest BCUT2D eigenvalue weighted by atomic mass is 16.5. The molecule has 5 nitrogen and oxygen atoms in total. The van der Waals surface area contributed by atoms with Crippen LogP contribution < -0.4 is 15.2 Å². The second-order valence-corrected chi connectivity index (χ2v) is 6.12. The van der Waals surface area contributed by atoms with Gasteiger partial charge in [0.15, 0.2) is 6.61 Å². The Morgan fingerprint density at radius 1 is 1.17 bits per heavy atom. The van der Waals surface area contributed by atoms with E-state index in [4.69, 9.17) is 15.2 Å². The van der Waals surface area contributed by atoms with Crippen molar-refractivity contribution in [2.24, 2.45) is 11.7 Å². The number of carbonyl (C=O) groups excluding carboxylic acids is 1. The number of carbonyl (C=O) groups is 1. The van der Waals surface area contributed by atoms with E-state index >= 15 is 0 Å². The van der Waals surface area contributed by atoms with Crippen LogP contribution in [0.5, 0.6) is 11.5 Å². The number of likely N-dealkylation sites (N-methyl/N-ethyl adjacent to an activating group) is 1. The van der Waals surface area contributed by atoms with Crippen molar-refractivity contribution in [3.63, 3.8) is 0 Å². The zero-order valence-corrected chi connectivity index (χ0v) is 14.7. The number of rotatable bonds is 10. The smallest absolute Gasteiger partial charge is 0.260 e. The third-order valence-electron chi connectivity index (χ3n) is 3.74. The lowest BCUT2D eigenvalue weighted by Crippen LogP contribution is -2.36. The van der Waals surface area contributed by atoms with Crippen molar-refractivity contribution >= 4 is 5.91 Å². The molecule has 1 aromatic carbocycles. The molecule has 1 rings (SSSR count). The van der Waals surface area contributed by atoms with E-state index < -0.39 is 0 Å². The van der Waals surface area contributed by atoms with Crippen LogP contribution in [0, 0.1) is 5.92 Å². The van der Waals surface area contributed by atoms with E-state index in [9.17, 15) is 4.79 Å². The van der Waals surface area contributed by atoms with Gasteiger partial charge >= 0.3 is 0 Å². The molecule has 1 aromatic rings. The first-order valence-electron chi connectivity index (χ1n) is 8.29. The van der Waals surface area contributed by atoms with Gasteiger partial charge in [-0.25, -0.2) is 0 Å². The second kappa shape index (κ2) is 10.1. The van der Waals surface area contributed by atoms with Crippen LogP contribution in [0.4, 0.5) is 0 Å². The normalized spacial score (nSPS) is 12.1. The zero-order valence-electron chi connectivity index (χ0n) is 14.7. The quantitative estimate of drug-likeness (QED) is 0.719. The Morgan fingerprint density at radius 2 is 1.74 bits per heavy atom. The maximum Gasteiger partial charge on any atom is 0.260 e. The standard InChI is InChI=1S/C18H30N2O3/c1-5-12-22-15-6-8-16(9-7-15)23-13-18(21)20(4)11-10-17(19)14(2)3/h6-9,14,17H,5,10-13,19H2,1-4H3. The SMILES string of the molecule is CCCOc1ccc(OCC(=O)N(C)CCC(N)C(C)C)cc1. The number of hydrogen-bond donors (Lipinski definition) is 1. The summed E-state index contributed by atoms with van der Waals surface area (Å²) in [7, 11) is 1.78. The molecule has 1 unspecified atom stereocenters. The largest absolute Gasteiger partial charge is 0.494 e. The van der Waals surface area contributed by atoms with Crippen molar-refractivity contribution in [2.75, 3.05) is 26.8 Å². The summed E-state index contributed by atoms with van der Waals surface area (Å²) in [5.74, 6) is 1.84. The van der Waals surface area contributed by atoms with E-state index in [1.165, 1.54) is 0 Å². The van der Waals surface area contributed by atoms with Crippen molar-refractivity contribution in [1.29, 1.82) is 0 Å². The van der Waals surface area contributed by atoms with Crippen LogP contribution in [-0.2, 0) is 4.79 Å². The van der Waals surface area contributed by atoms with Gasteiger partial charge in [-0.05, 0) is 43.0 Å². The first-order valence-corrected chi connectivity index (χ1v) is 8.29. The molecule has 0 fully saturated rings. The Bertz CT molecular complexity index is 460. The van der Waals surface area contributed by atoms with Gasteiger partial charge in [-0.15, -0.1) is 0 Å². The molecule has 0 saturated carbocycles. The molecule has 0 heterocycles. The first kappa shape index (κ1) is 19.3. The number of ether oxygens (including phenoxy) is 2. The molecule has 0 aromatic heterocycles. The lowest BCUT2D eigenvalue weighted by molar-refractivity contribution is -0.132. The molecule has 0 radical (unpaired) electrons. The summed E-state index contributed by atoms with van der Waals surface area (Å²) in [6.45, 7) is 7.61. The Kier molecular flexibility index (Phi) is 8.48. The third-order valence-corrected chi connectivity index (χ3v) is 3.74. The Labute approximate surface area is 139 Å². The summed E-state index contributed by atoms with van der Waals surface area (Å²) in [5.41, 5.74) is 6.00. The molecule has 0 aliphatic rings. The Morgan fingerprint density at radius 3 is 2.26 bits per heavy atom. The fourth-order valence-electron chi connectivity index (χ4n) is 1.91. The fraction of sp³-hybridized carbons (Fsp3) is 0.611. The summed E-state index contributed by atoms with van der Waals surface area (Å²) in [5, 5.41) is 0. The van der Waals surface area contributed by atoms with Crippen molar-refractivity contribution in [2.45, 2.75) is 39.7 Å². The van der Waals surface area contributed by atoms with E-state index in [0.717, 1.165) is 18.6 Å². The van der Waals surface area contributed by atoms with Gasteiger partial charge in [-0.3, -0.25) is 4.79 Å². The van der Waals surface area contributed by atoms with Crippen LogP contribution in [0.2, 0.25) is 0 Å². The predicted molar refractivity (Wildman–Crippen MR) is 92.8 cm³/mol. The summed E-state index contributed by atoms with van der Waals surface area (Å²) in [4.78, 5) is 13.7. The molecule has 0 saturated heterocycles. The second-order valence-electron chi connectivity index (χ2n) is 6.12. The summed E-state index contributed by atoms with van der Waals surface area (Å²) in [6.07, 6.45) is 1.77. The van der Waals surface area contributed by atoms with E-state index in [1.54, 1.807) is 11.9 Å². The number of benzene rings is 1. The highest BCUT2D eigenvalue weighted by Crippen LogP contribution is 2.17. The minimum atomic E-state index is -0.0488. The lowest BCUT2D eigenvalue weighted by Gasteiger charge is -2.21. The lowest BCUT2D eigenvalue weighted by atomic mass is 10.0. The average molecular weight is 322 g/mol. The number of hydrogen-bond acceptors (Lipinski definition) is 4. The van der Waals surface area contributed by atoms with Crippen molar-refractivity contribution in [3.05, 3.63) is 24.3 Å². The minimum absolute atomic E-state index is 0.0303. The zero-order chi connectivity index (χ0) is 17.2. The molecule has 2 N–H and O–H groups in total. The van der Waals surface area contributed by atoms with Gasteiger partial charge in [0.05, 0.1) is 6.61 Å². The van der Waals surface area contributed by atoms with E-state index in [2.05, 4.69) is 20.8 Å². The van der Waals surface area contributed by atoms with Crippen molar-refractivity contribution in [3.8, 4) is 11.5 Å². The number of nitrogens with two attached hydrogens (primary N) is 1. The molecule has 0 spiro atoms. The molecular weight excluding hydrogens is 292 g/mol. The van der Waals surface area contributed by atoms with Crippen LogP contribution >= 0.6 is 0 Å². The van der Waals surface area contributed by atoms with Gasteiger partial charge in [0.25, 0.3) is 5.91 Å². The van der Waals surface area contributed by atoms with Crippen molar-refractivity contribution < 1.29 is 14.3 Å². The first-order chi connectivity index (χ1) is 10.9. The van der Waals surface area contributed by atoms with Crippen LogP contribution in [0.3, 0.4) is 0 Å². The number of amides is 1. The predicted octanol–water partition coefficient (Wildman–Crippen LogP) is 2.69. The van der Waals surface area contributed by atoms with Gasteiger partial charge in [0.2, 0.25) is 0 Å². The van der Waals surface area contributed by atoms with Crippen LogP contribution in [-0.4, -0.2) is 43.7 Å². The third kappa shape index (κ3) is 7.37. The highest BCUT2D eigenvalue weighted by molar-refractivity contribution is 5.77. The average Bonchev–Trinajstić information content (AvgIpc) is 2.55. The molecule has 23 heavy (non-hydrogen) atoms. The summed E-state index contributed by atoms with van der Waals surface area (Å²) in [6, 6.07) is 7.43. The maximum atomic E-state index is 12.0. The van der Waals surface area contributed by atoms with Crippen LogP contribution in [0.15, 0.2) is 24.3 Å². The summed E-state index contributed by atoms with van der Waals surface area (Å²) < 4.78 is 11.0. The Balaban J connectivity index is 2.34. The van der Waals surface area contributed by atoms with Gasteiger partial charge < -0.3 is 20.1 Å². The van der Waals surface area contributed by atoms with E-state index in [-0.39, 0.29) is 18.6 Å². The van der Waals surface area contributed by atoms with Gasteiger partial charge in [0.1, 0.15) is 11.5 Å². The van der Waals surface area contributed by atoms with Crippen LogP contribution in [0.1, 0.15) is 33.6 Å².